The molecule has 0 atom stereocenters. The lowest BCUT2D eigenvalue weighted by molar-refractivity contribution is 0.201. The van der Waals surface area contributed by atoms with E-state index >= 15 is 0 Å². The molecule has 5 aromatic heterocycles. The molecule has 0 saturated carbocycles. The van der Waals surface area contributed by atoms with Gasteiger partial charge in [-0.3, -0.25) is 4.90 Å². The first-order chi connectivity index (χ1) is 19.5. The van der Waals surface area contributed by atoms with Crippen molar-refractivity contribution >= 4 is 34.1 Å². The van der Waals surface area contributed by atoms with Crippen molar-refractivity contribution in [2.75, 3.05) is 18.8 Å². The Labute approximate surface area is 236 Å². The van der Waals surface area contributed by atoms with Crippen LogP contribution >= 0.6 is 11.6 Å². The summed E-state index contributed by atoms with van der Waals surface area (Å²) >= 11 is 6.09. The highest BCUT2D eigenvalue weighted by molar-refractivity contribution is 6.29. The molecular formula is C30H28ClN9. The van der Waals surface area contributed by atoms with Gasteiger partial charge in [-0.15, -0.1) is 10.2 Å². The van der Waals surface area contributed by atoms with E-state index in [2.05, 4.69) is 72.1 Å². The summed E-state index contributed by atoms with van der Waals surface area (Å²) in [7, 11) is 2.10. The number of likely N-dealkylation sites (tertiary alicyclic amines) is 1. The highest BCUT2D eigenvalue weighted by Gasteiger charge is 2.23. The van der Waals surface area contributed by atoms with E-state index < -0.39 is 0 Å². The van der Waals surface area contributed by atoms with Gasteiger partial charge >= 0.3 is 0 Å². The smallest absolute Gasteiger partial charge is 0.185 e. The van der Waals surface area contributed by atoms with E-state index in [0.717, 1.165) is 60.2 Å². The topological polar surface area (TPSA) is 103 Å². The van der Waals surface area contributed by atoms with Crippen molar-refractivity contribution in [1.29, 1.82) is 0 Å². The van der Waals surface area contributed by atoms with E-state index in [1.807, 2.05) is 36.7 Å². The second kappa shape index (κ2) is 10.0. The molecule has 1 fully saturated rings. The van der Waals surface area contributed by atoms with Crippen LogP contribution in [-0.4, -0.2) is 52.3 Å². The molecule has 0 unspecified atom stereocenters. The van der Waals surface area contributed by atoms with Crippen LogP contribution in [0.1, 0.15) is 30.0 Å². The predicted molar refractivity (Wildman–Crippen MR) is 157 cm³/mol. The minimum atomic E-state index is 0.413. The van der Waals surface area contributed by atoms with Crippen LogP contribution < -0.4 is 5.73 Å². The Kier molecular flexibility index (Phi) is 6.17. The average molecular weight is 550 g/mol. The van der Waals surface area contributed by atoms with Gasteiger partial charge in [-0.1, -0.05) is 35.9 Å². The summed E-state index contributed by atoms with van der Waals surface area (Å²) < 4.78 is 3.90. The van der Waals surface area contributed by atoms with Crippen molar-refractivity contribution in [3.05, 3.63) is 89.5 Å². The molecule has 40 heavy (non-hydrogen) atoms. The number of nitrogens with two attached hydrogens (primary N) is 1. The first kappa shape index (κ1) is 24.7. The predicted octanol–water partition coefficient (Wildman–Crippen LogP) is 5.36. The fourth-order valence-corrected chi connectivity index (χ4v) is 5.88. The molecule has 0 aliphatic carbocycles. The van der Waals surface area contributed by atoms with Gasteiger partial charge in [0.25, 0.3) is 0 Å². The molecule has 1 aromatic carbocycles. The number of benzene rings is 1. The third kappa shape index (κ3) is 4.47. The molecule has 0 bridgehead atoms. The second-order valence-electron chi connectivity index (χ2n) is 10.4. The van der Waals surface area contributed by atoms with E-state index in [0.29, 0.717) is 28.4 Å². The number of hydrogen-bond donors (Lipinski definition) is 1. The lowest BCUT2D eigenvalue weighted by atomic mass is 9.89. The first-order valence-electron chi connectivity index (χ1n) is 13.4. The van der Waals surface area contributed by atoms with Gasteiger partial charge in [-0.2, -0.15) is 9.61 Å². The SMILES string of the molecule is Cn1c(CN2CCC(c3ccc(-c4nnc5ccc(Cl)nn45)cc3)CC2)cc2c(-c3ccc(N)nc3)ccnc21. The number of nitrogens with zero attached hydrogens (tertiary/aromatic N) is 8. The van der Waals surface area contributed by atoms with Crippen LogP contribution in [0.5, 0.6) is 0 Å². The minimum absolute atomic E-state index is 0.413. The quantitative estimate of drug-likeness (QED) is 0.309. The molecule has 6 aromatic rings. The lowest BCUT2D eigenvalue weighted by Crippen LogP contribution is -2.33. The fraction of sp³-hybridized carbons (Fsp3) is 0.233. The third-order valence-corrected chi connectivity index (χ3v) is 8.17. The number of aryl methyl sites for hydroxylation is 1. The standard InChI is InChI=1S/C30H28ClN9/c1-38-23(16-25-24(10-13-33-30(25)38)22-6-8-27(32)34-17-22)18-39-14-11-20(12-15-39)19-2-4-21(5-3-19)29-36-35-28-9-7-26(31)37-40(28)29/h2-10,13,16-17,20H,11-12,14-15,18H2,1H3,(H2,32,34). The number of aromatic nitrogens is 7. The van der Waals surface area contributed by atoms with Gasteiger partial charge < -0.3 is 10.3 Å². The van der Waals surface area contributed by atoms with Crippen molar-refractivity contribution in [1.82, 2.24) is 39.2 Å². The number of nitrogen functional groups attached to an aromatic ring is 1. The monoisotopic (exact) mass is 549 g/mol. The Morgan fingerprint density at radius 3 is 2.50 bits per heavy atom. The maximum atomic E-state index is 6.09. The maximum Gasteiger partial charge on any atom is 0.185 e. The lowest BCUT2D eigenvalue weighted by Gasteiger charge is -2.32. The van der Waals surface area contributed by atoms with Crippen LogP contribution in [0.4, 0.5) is 5.82 Å². The van der Waals surface area contributed by atoms with Crippen LogP contribution in [0.2, 0.25) is 5.15 Å². The van der Waals surface area contributed by atoms with Crippen LogP contribution in [0.15, 0.2) is 73.1 Å². The van der Waals surface area contributed by atoms with Crippen LogP contribution in [-0.2, 0) is 13.6 Å². The summed E-state index contributed by atoms with van der Waals surface area (Å²) in [5.74, 6) is 1.75. The summed E-state index contributed by atoms with van der Waals surface area (Å²) in [6.45, 7) is 2.99. The Hall–Kier alpha value is -4.34. The summed E-state index contributed by atoms with van der Waals surface area (Å²) in [4.78, 5) is 11.5. The number of halogens is 1. The number of anilines is 1. The zero-order chi connectivity index (χ0) is 27.2. The molecule has 0 spiro atoms. The number of fused-ring (bicyclic) bond motifs is 2. The van der Waals surface area contributed by atoms with Crippen molar-refractivity contribution in [3.63, 3.8) is 0 Å². The summed E-state index contributed by atoms with van der Waals surface area (Å²) in [5, 5.41) is 14.4. The van der Waals surface area contributed by atoms with Crippen molar-refractivity contribution < 1.29 is 0 Å². The van der Waals surface area contributed by atoms with Gasteiger partial charge in [0.05, 0.1) is 0 Å². The van der Waals surface area contributed by atoms with Gasteiger partial charge in [-0.05, 0) is 79.4 Å². The summed E-state index contributed by atoms with van der Waals surface area (Å²) in [6, 6.07) is 20.4. The van der Waals surface area contributed by atoms with Crippen LogP contribution in [0.25, 0.3) is 39.2 Å². The minimum Gasteiger partial charge on any atom is -0.384 e. The highest BCUT2D eigenvalue weighted by Crippen LogP contribution is 2.33. The molecule has 1 aliphatic heterocycles. The number of hydrogen-bond acceptors (Lipinski definition) is 7. The Bertz CT molecular complexity index is 1820. The van der Waals surface area contributed by atoms with Gasteiger partial charge in [-0.25, -0.2) is 9.97 Å². The van der Waals surface area contributed by atoms with Crippen LogP contribution in [0.3, 0.4) is 0 Å². The zero-order valence-electron chi connectivity index (χ0n) is 22.1. The highest BCUT2D eigenvalue weighted by atomic mass is 35.5. The third-order valence-electron chi connectivity index (χ3n) is 7.97. The van der Waals surface area contributed by atoms with Crippen molar-refractivity contribution in [2.45, 2.75) is 25.3 Å². The van der Waals surface area contributed by atoms with E-state index in [1.165, 1.54) is 11.3 Å². The second-order valence-corrected chi connectivity index (χ2v) is 10.8. The number of rotatable bonds is 5. The molecule has 7 rings (SSSR count). The Balaban J connectivity index is 1.04. The van der Waals surface area contributed by atoms with Gasteiger partial charge in [0.15, 0.2) is 11.5 Å². The van der Waals surface area contributed by atoms with E-state index in [-0.39, 0.29) is 0 Å². The van der Waals surface area contributed by atoms with E-state index in [1.54, 1.807) is 10.6 Å². The molecule has 0 radical (unpaired) electrons. The number of piperidine rings is 1. The Morgan fingerprint density at radius 1 is 0.925 bits per heavy atom. The summed E-state index contributed by atoms with van der Waals surface area (Å²) in [6.07, 6.45) is 5.94. The molecule has 0 amide bonds. The van der Waals surface area contributed by atoms with Gasteiger partial charge in [0, 0.05) is 48.2 Å². The number of pyridine rings is 2. The molecular weight excluding hydrogens is 522 g/mol. The maximum absolute atomic E-state index is 6.09. The van der Waals surface area contributed by atoms with Gasteiger partial charge in [0.2, 0.25) is 0 Å². The first-order valence-corrected chi connectivity index (χ1v) is 13.8. The Morgan fingerprint density at radius 2 is 1.73 bits per heavy atom. The van der Waals surface area contributed by atoms with Crippen molar-refractivity contribution in [2.24, 2.45) is 7.05 Å². The molecule has 1 aliphatic rings. The molecule has 1 saturated heterocycles. The zero-order valence-corrected chi connectivity index (χ0v) is 22.8. The molecule has 6 heterocycles. The largest absolute Gasteiger partial charge is 0.384 e. The summed E-state index contributed by atoms with van der Waals surface area (Å²) in [5.41, 5.74) is 13.2. The van der Waals surface area contributed by atoms with Crippen LogP contribution in [0, 0.1) is 0 Å². The molecule has 200 valence electrons. The van der Waals surface area contributed by atoms with E-state index in [9.17, 15) is 0 Å². The van der Waals surface area contributed by atoms with Crippen molar-refractivity contribution in [3.8, 4) is 22.5 Å². The molecule has 2 N–H and O–H groups in total. The fourth-order valence-electron chi connectivity index (χ4n) is 5.74. The molecule has 10 heteroatoms. The molecule has 9 nitrogen and oxygen atoms in total. The normalized spacial score (nSPS) is 14.8. The van der Waals surface area contributed by atoms with Gasteiger partial charge in [0.1, 0.15) is 16.6 Å². The average Bonchev–Trinajstić information content (AvgIpc) is 3.54. The van der Waals surface area contributed by atoms with E-state index in [4.69, 9.17) is 17.3 Å².